The maximum atomic E-state index is 13.1. The molecule has 0 unspecified atom stereocenters. The number of aryl methyl sites for hydroxylation is 1. The molecule has 2 aromatic rings. The quantitative estimate of drug-likeness (QED) is 0.946. The third-order valence-corrected chi connectivity index (χ3v) is 6.24. The molecule has 2 aliphatic rings. The van der Waals surface area contributed by atoms with E-state index in [-0.39, 0.29) is 17.4 Å². The fourth-order valence-corrected chi connectivity index (χ4v) is 4.91. The number of nitrogens with zero attached hydrogens (tertiary/aromatic N) is 2. The largest absolute Gasteiger partial charge is 0.352 e. The van der Waals surface area contributed by atoms with E-state index in [2.05, 4.69) is 34.0 Å². The molecule has 1 aliphatic heterocycles. The van der Waals surface area contributed by atoms with Gasteiger partial charge in [-0.25, -0.2) is 0 Å². The van der Waals surface area contributed by atoms with Gasteiger partial charge < -0.3 is 5.32 Å². The van der Waals surface area contributed by atoms with Crippen LogP contribution in [0.2, 0.25) is 0 Å². The van der Waals surface area contributed by atoms with Crippen LogP contribution in [0, 0.1) is 0 Å². The molecule has 1 fully saturated rings. The highest BCUT2D eigenvalue weighted by Crippen LogP contribution is 2.43. The van der Waals surface area contributed by atoms with Crippen LogP contribution in [-0.2, 0) is 23.2 Å². The van der Waals surface area contributed by atoms with Crippen molar-refractivity contribution < 1.29 is 4.79 Å². The molecular weight excluding hydrogens is 294 g/mol. The van der Waals surface area contributed by atoms with Gasteiger partial charge in [0, 0.05) is 35.8 Å². The van der Waals surface area contributed by atoms with E-state index in [4.69, 9.17) is 0 Å². The van der Waals surface area contributed by atoms with Gasteiger partial charge in [0.15, 0.2) is 0 Å². The Hall–Kier alpha value is -1.62. The zero-order valence-electron chi connectivity index (χ0n) is 12.6. The van der Waals surface area contributed by atoms with Crippen molar-refractivity contribution in [1.82, 2.24) is 15.1 Å². The molecule has 4 nitrogen and oxygen atoms in total. The van der Waals surface area contributed by atoms with Gasteiger partial charge in [0.05, 0.1) is 5.41 Å². The van der Waals surface area contributed by atoms with E-state index in [1.165, 1.54) is 10.6 Å². The third-order valence-electron chi connectivity index (χ3n) is 5.17. The number of carbonyl (C=O) groups excluding carboxylic acids is 1. The summed E-state index contributed by atoms with van der Waals surface area (Å²) in [5, 5.41) is 9.74. The molecule has 1 N–H and O–H groups in total. The first kappa shape index (κ1) is 14.0. The van der Waals surface area contributed by atoms with Gasteiger partial charge in [-0.05, 0) is 36.8 Å². The van der Waals surface area contributed by atoms with Gasteiger partial charge >= 0.3 is 0 Å². The fraction of sp³-hybridized carbons (Fsp3) is 0.529. The number of nitrogens with one attached hydrogen (secondary N) is 1. The smallest absolute Gasteiger partial charge is 0.231 e. The summed E-state index contributed by atoms with van der Waals surface area (Å²) in [6.45, 7) is 0.902. The molecule has 1 saturated carbocycles. The van der Waals surface area contributed by atoms with Gasteiger partial charge in [0.25, 0.3) is 0 Å². The lowest BCUT2D eigenvalue weighted by Gasteiger charge is -2.31. The average molecular weight is 315 g/mol. The monoisotopic (exact) mass is 315 g/mol. The molecule has 0 bridgehead atoms. The first-order valence-corrected chi connectivity index (χ1v) is 9.01. The van der Waals surface area contributed by atoms with E-state index in [1.54, 1.807) is 11.3 Å². The summed E-state index contributed by atoms with van der Waals surface area (Å²) in [6.07, 6.45) is 8.01. The van der Waals surface area contributed by atoms with Crippen LogP contribution in [0.1, 0.15) is 42.7 Å². The van der Waals surface area contributed by atoms with Crippen molar-refractivity contribution >= 4 is 17.2 Å². The van der Waals surface area contributed by atoms with E-state index in [1.807, 2.05) is 10.9 Å². The summed E-state index contributed by atoms with van der Waals surface area (Å²) >= 11 is 1.72. The van der Waals surface area contributed by atoms with Gasteiger partial charge in [0.2, 0.25) is 5.91 Å². The highest BCUT2D eigenvalue weighted by Gasteiger charge is 2.44. The van der Waals surface area contributed by atoms with Gasteiger partial charge in [0.1, 0.15) is 0 Å². The first-order valence-electron chi connectivity index (χ1n) is 8.14. The van der Waals surface area contributed by atoms with E-state index in [9.17, 15) is 4.79 Å². The molecule has 2 aromatic heterocycles. The first-order chi connectivity index (χ1) is 10.8. The van der Waals surface area contributed by atoms with Crippen molar-refractivity contribution in [2.24, 2.45) is 0 Å². The molecule has 1 amide bonds. The predicted octanol–water partition coefficient (Wildman–Crippen LogP) is 2.89. The SMILES string of the molecule is O=C(N[C@H]1CCn2nccc2C1)C1(c2cccs2)CCCC1. The van der Waals surface area contributed by atoms with Gasteiger partial charge in [-0.2, -0.15) is 5.10 Å². The minimum atomic E-state index is -0.272. The van der Waals surface area contributed by atoms with Crippen LogP contribution >= 0.6 is 11.3 Å². The Morgan fingerprint density at radius 3 is 3.00 bits per heavy atom. The Morgan fingerprint density at radius 2 is 2.23 bits per heavy atom. The molecule has 1 aliphatic carbocycles. The summed E-state index contributed by atoms with van der Waals surface area (Å²) in [6, 6.07) is 6.50. The summed E-state index contributed by atoms with van der Waals surface area (Å²) in [5.41, 5.74) is 0.958. The van der Waals surface area contributed by atoms with Crippen LogP contribution in [0.5, 0.6) is 0 Å². The van der Waals surface area contributed by atoms with Crippen molar-refractivity contribution in [2.45, 2.75) is 56.5 Å². The topological polar surface area (TPSA) is 46.9 Å². The number of hydrogen-bond donors (Lipinski definition) is 1. The Labute approximate surface area is 134 Å². The summed E-state index contributed by atoms with van der Waals surface area (Å²) in [5.74, 6) is 0.241. The van der Waals surface area contributed by atoms with Crippen molar-refractivity contribution in [3.8, 4) is 0 Å². The molecule has 4 rings (SSSR count). The Morgan fingerprint density at radius 1 is 1.36 bits per heavy atom. The Balaban J connectivity index is 1.52. The van der Waals surface area contributed by atoms with Gasteiger partial charge in [-0.1, -0.05) is 18.9 Å². The lowest BCUT2D eigenvalue weighted by atomic mass is 9.83. The average Bonchev–Trinajstić information content (AvgIpc) is 3.27. The summed E-state index contributed by atoms with van der Waals surface area (Å²) in [7, 11) is 0. The zero-order valence-corrected chi connectivity index (χ0v) is 13.4. The number of hydrogen-bond acceptors (Lipinski definition) is 3. The number of carbonyl (C=O) groups is 1. The summed E-state index contributed by atoms with van der Waals surface area (Å²) < 4.78 is 2.05. The molecule has 0 spiro atoms. The van der Waals surface area contributed by atoms with Crippen LogP contribution in [-0.4, -0.2) is 21.7 Å². The normalized spacial score (nSPS) is 23.2. The van der Waals surface area contributed by atoms with E-state index >= 15 is 0 Å². The minimum Gasteiger partial charge on any atom is -0.352 e. The maximum Gasteiger partial charge on any atom is 0.231 e. The summed E-state index contributed by atoms with van der Waals surface area (Å²) in [4.78, 5) is 14.3. The molecule has 116 valence electrons. The molecule has 22 heavy (non-hydrogen) atoms. The van der Waals surface area contributed by atoms with Gasteiger partial charge in [-0.3, -0.25) is 9.48 Å². The second-order valence-electron chi connectivity index (χ2n) is 6.48. The molecule has 0 aromatic carbocycles. The minimum absolute atomic E-state index is 0.241. The molecular formula is C17H21N3OS. The van der Waals surface area contributed by atoms with Gasteiger partial charge in [-0.15, -0.1) is 11.3 Å². The lowest BCUT2D eigenvalue weighted by Crippen LogP contribution is -2.48. The van der Waals surface area contributed by atoms with E-state index < -0.39 is 0 Å². The number of fused-ring (bicyclic) bond motifs is 1. The molecule has 0 saturated heterocycles. The van der Waals surface area contributed by atoms with E-state index in [0.717, 1.165) is 45.1 Å². The molecule has 1 atom stereocenters. The van der Waals surface area contributed by atoms with Crippen molar-refractivity contribution in [2.75, 3.05) is 0 Å². The van der Waals surface area contributed by atoms with Crippen LogP contribution in [0.25, 0.3) is 0 Å². The highest BCUT2D eigenvalue weighted by molar-refractivity contribution is 7.10. The molecule has 0 radical (unpaired) electrons. The van der Waals surface area contributed by atoms with Crippen molar-refractivity contribution in [3.63, 3.8) is 0 Å². The standard InChI is InChI=1S/C17H21N3OS/c21-16(17(7-1-2-8-17)15-4-3-11-22-15)19-13-6-10-20-14(12-13)5-9-18-20/h3-5,9,11,13H,1-2,6-8,10,12H2,(H,19,21)/t13-/m0/s1. The zero-order chi connectivity index (χ0) is 15.0. The lowest BCUT2D eigenvalue weighted by molar-refractivity contribution is -0.127. The second kappa shape index (κ2) is 5.54. The molecule has 3 heterocycles. The third kappa shape index (κ3) is 2.28. The number of aromatic nitrogens is 2. The van der Waals surface area contributed by atoms with Crippen LogP contribution in [0.4, 0.5) is 0 Å². The van der Waals surface area contributed by atoms with Crippen molar-refractivity contribution in [3.05, 3.63) is 40.3 Å². The number of amides is 1. The van der Waals surface area contributed by atoms with E-state index in [0.29, 0.717) is 0 Å². The van der Waals surface area contributed by atoms with Crippen LogP contribution in [0.3, 0.4) is 0 Å². The maximum absolute atomic E-state index is 13.1. The molecule has 5 heteroatoms. The van der Waals surface area contributed by atoms with Crippen LogP contribution < -0.4 is 5.32 Å². The highest BCUT2D eigenvalue weighted by atomic mass is 32.1. The predicted molar refractivity (Wildman–Crippen MR) is 86.9 cm³/mol. The number of rotatable bonds is 3. The Kier molecular flexibility index (Phi) is 3.53. The Bertz CT molecular complexity index is 655. The fourth-order valence-electron chi connectivity index (χ4n) is 3.93. The second-order valence-corrected chi connectivity index (χ2v) is 7.42. The van der Waals surface area contributed by atoms with Crippen LogP contribution in [0.15, 0.2) is 29.8 Å². The number of thiophene rings is 1. The van der Waals surface area contributed by atoms with Crippen molar-refractivity contribution in [1.29, 1.82) is 0 Å².